The average Bonchev–Trinajstić information content (AvgIpc) is 2.94. The maximum Gasteiger partial charge on any atom is 0.341 e. The molecule has 0 spiro atoms. The van der Waals surface area contributed by atoms with Crippen molar-refractivity contribution in [2.45, 2.75) is 34.6 Å². The number of hydrogen-bond acceptors (Lipinski definition) is 7. The molecule has 31 heavy (non-hydrogen) atoms. The summed E-state index contributed by atoms with van der Waals surface area (Å²) in [4.78, 5) is 47.7. The summed E-state index contributed by atoms with van der Waals surface area (Å²) in [7, 11) is 0. The molecule has 0 atom stereocenters. The number of nitro benzene ring substituents is 1. The molecule has 1 aromatic heterocycles. The molecule has 9 nitrogen and oxygen atoms in total. The SMILES string of the molecule is Cc1sc(NC(=O)C(C)(C)C)c(C(=O)OCC(=O)Nc2ccc(F)c([N+](=O)[O-])c2)c1C. The molecule has 166 valence electrons. The maximum atomic E-state index is 13.4. The standard InChI is InChI=1S/C20H22FN3O6S/c1-10-11(2)31-17(23-19(27)20(3,4)5)16(10)18(26)30-9-15(25)22-12-6-7-13(21)14(8-12)24(28)29/h6-8H,9H2,1-5H3,(H,22,25)(H,23,27). The molecule has 2 amide bonds. The highest BCUT2D eigenvalue weighted by Crippen LogP contribution is 2.34. The van der Waals surface area contributed by atoms with E-state index in [1.54, 1.807) is 34.6 Å². The van der Waals surface area contributed by atoms with Crippen LogP contribution in [0.4, 0.5) is 20.8 Å². The number of carbonyl (C=O) groups is 3. The zero-order valence-electron chi connectivity index (χ0n) is 17.6. The van der Waals surface area contributed by atoms with Crippen LogP contribution in [0.15, 0.2) is 18.2 Å². The fourth-order valence-corrected chi connectivity index (χ4v) is 3.43. The number of thiophene rings is 1. The number of nitrogens with zero attached hydrogens (tertiary/aromatic N) is 1. The van der Waals surface area contributed by atoms with E-state index < -0.39 is 40.3 Å². The first-order valence-electron chi connectivity index (χ1n) is 9.13. The lowest BCUT2D eigenvalue weighted by atomic mass is 9.96. The van der Waals surface area contributed by atoms with Crippen LogP contribution >= 0.6 is 11.3 Å². The van der Waals surface area contributed by atoms with Crippen molar-refractivity contribution in [3.63, 3.8) is 0 Å². The first-order chi connectivity index (χ1) is 14.3. The molecule has 11 heteroatoms. The molecule has 0 aliphatic rings. The predicted molar refractivity (Wildman–Crippen MR) is 114 cm³/mol. The number of nitrogens with one attached hydrogen (secondary N) is 2. The molecule has 2 aromatic rings. The number of hydrogen-bond donors (Lipinski definition) is 2. The molecule has 1 heterocycles. The van der Waals surface area contributed by atoms with Crippen LogP contribution in [0.5, 0.6) is 0 Å². The van der Waals surface area contributed by atoms with Gasteiger partial charge in [-0.1, -0.05) is 20.8 Å². The van der Waals surface area contributed by atoms with Gasteiger partial charge in [0.1, 0.15) is 5.00 Å². The number of benzene rings is 1. The van der Waals surface area contributed by atoms with E-state index in [4.69, 9.17) is 4.74 Å². The van der Waals surface area contributed by atoms with Crippen molar-refractivity contribution in [2.75, 3.05) is 17.2 Å². The lowest BCUT2D eigenvalue weighted by molar-refractivity contribution is -0.387. The predicted octanol–water partition coefficient (Wildman–Crippen LogP) is 4.19. The van der Waals surface area contributed by atoms with E-state index in [1.165, 1.54) is 11.3 Å². The molecule has 0 fully saturated rings. The number of ether oxygens (including phenoxy) is 1. The molecule has 0 unspecified atom stereocenters. The van der Waals surface area contributed by atoms with Crippen molar-refractivity contribution < 1.29 is 28.4 Å². The van der Waals surface area contributed by atoms with E-state index in [0.29, 0.717) is 10.6 Å². The Morgan fingerprint density at radius 3 is 2.42 bits per heavy atom. The van der Waals surface area contributed by atoms with Gasteiger partial charge in [0, 0.05) is 22.0 Å². The van der Waals surface area contributed by atoms with Gasteiger partial charge in [0.2, 0.25) is 11.7 Å². The highest BCUT2D eigenvalue weighted by atomic mass is 32.1. The van der Waals surface area contributed by atoms with Gasteiger partial charge in [0.25, 0.3) is 5.91 Å². The Hall–Kier alpha value is -3.34. The molecule has 0 bridgehead atoms. The Morgan fingerprint density at radius 1 is 1.19 bits per heavy atom. The minimum atomic E-state index is -1.04. The number of carbonyl (C=O) groups excluding carboxylic acids is 3. The average molecular weight is 451 g/mol. The molecule has 2 N–H and O–H groups in total. The van der Waals surface area contributed by atoms with E-state index >= 15 is 0 Å². The third kappa shape index (κ3) is 5.85. The van der Waals surface area contributed by atoms with Crippen molar-refractivity contribution >= 4 is 45.5 Å². The van der Waals surface area contributed by atoms with E-state index in [0.717, 1.165) is 23.1 Å². The van der Waals surface area contributed by atoms with Gasteiger partial charge in [-0.05, 0) is 31.5 Å². The van der Waals surface area contributed by atoms with Crippen LogP contribution in [0.25, 0.3) is 0 Å². The number of anilines is 2. The first kappa shape index (κ1) is 23.9. The second-order valence-electron chi connectivity index (χ2n) is 7.74. The van der Waals surface area contributed by atoms with Crippen molar-refractivity contribution in [3.8, 4) is 0 Å². The molecule has 0 aliphatic carbocycles. The van der Waals surface area contributed by atoms with Crippen molar-refractivity contribution in [2.24, 2.45) is 5.41 Å². The Bertz CT molecular complexity index is 1060. The number of nitro groups is 1. The quantitative estimate of drug-likeness (QED) is 0.385. The molecule has 0 saturated heterocycles. The van der Waals surface area contributed by atoms with Crippen molar-refractivity contribution in [1.29, 1.82) is 0 Å². The number of rotatable bonds is 6. The van der Waals surface area contributed by atoms with E-state index in [9.17, 15) is 28.9 Å². The molecule has 0 saturated carbocycles. The number of halogens is 1. The van der Waals surface area contributed by atoms with Crippen LogP contribution in [-0.2, 0) is 14.3 Å². The summed E-state index contributed by atoms with van der Waals surface area (Å²) in [6.45, 7) is 8.02. The van der Waals surface area contributed by atoms with Crippen molar-refractivity contribution in [1.82, 2.24) is 0 Å². The van der Waals surface area contributed by atoms with E-state index in [2.05, 4.69) is 10.6 Å². The fraction of sp³-hybridized carbons (Fsp3) is 0.350. The van der Waals surface area contributed by atoms with Crippen molar-refractivity contribution in [3.05, 3.63) is 50.1 Å². The van der Waals surface area contributed by atoms with E-state index in [-0.39, 0.29) is 17.2 Å². The Morgan fingerprint density at radius 2 is 1.84 bits per heavy atom. The highest BCUT2D eigenvalue weighted by molar-refractivity contribution is 7.16. The first-order valence-corrected chi connectivity index (χ1v) is 9.95. The second-order valence-corrected chi connectivity index (χ2v) is 8.96. The maximum absolute atomic E-state index is 13.4. The molecule has 0 radical (unpaired) electrons. The fourth-order valence-electron chi connectivity index (χ4n) is 2.38. The van der Waals surface area contributed by atoms with Gasteiger partial charge < -0.3 is 15.4 Å². The topological polar surface area (TPSA) is 128 Å². The third-order valence-electron chi connectivity index (χ3n) is 4.26. The normalized spacial score (nSPS) is 11.0. The Kier molecular flexibility index (Phi) is 7.11. The monoisotopic (exact) mass is 451 g/mol. The molecular formula is C20H22FN3O6S. The zero-order valence-corrected chi connectivity index (χ0v) is 18.4. The summed E-state index contributed by atoms with van der Waals surface area (Å²) < 4.78 is 18.5. The highest BCUT2D eigenvalue weighted by Gasteiger charge is 2.27. The smallest absolute Gasteiger partial charge is 0.341 e. The van der Waals surface area contributed by atoms with Crippen LogP contribution in [-0.4, -0.2) is 29.3 Å². The summed E-state index contributed by atoms with van der Waals surface area (Å²) in [5.41, 5.74) is -0.711. The lowest BCUT2D eigenvalue weighted by Crippen LogP contribution is -2.28. The van der Waals surface area contributed by atoms with Gasteiger partial charge >= 0.3 is 11.7 Å². The summed E-state index contributed by atoms with van der Waals surface area (Å²) in [6, 6.07) is 2.86. The summed E-state index contributed by atoms with van der Waals surface area (Å²) in [5.74, 6) is -2.88. The second kappa shape index (κ2) is 9.21. The van der Waals surface area contributed by atoms with Gasteiger partial charge in [-0.25, -0.2) is 4.79 Å². The molecular weight excluding hydrogens is 429 g/mol. The van der Waals surface area contributed by atoms with Crippen LogP contribution in [0.2, 0.25) is 0 Å². The lowest BCUT2D eigenvalue weighted by Gasteiger charge is -2.17. The molecule has 2 rings (SSSR count). The van der Waals surface area contributed by atoms with Crippen LogP contribution in [0.1, 0.15) is 41.6 Å². The minimum absolute atomic E-state index is 0.0187. The summed E-state index contributed by atoms with van der Waals surface area (Å²) in [5, 5.41) is 16.1. The number of amides is 2. The Labute approximate surface area is 181 Å². The number of aryl methyl sites for hydroxylation is 1. The largest absolute Gasteiger partial charge is 0.452 e. The van der Waals surface area contributed by atoms with Gasteiger partial charge in [0.15, 0.2) is 6.61 Å². The van der Waals surface area contributed by atoms with Gasteiger partial charge in [0.05, 0.1) is 10.5 Å². The van der Waals surface area contributed by atoms with Gasteiger partial charge in [-0.15, -0.1) is 11.3 Å². The molecule has 1 aromatic carbocycles. The van der Waals surface area contributed by atoms with E-state index in [1.807, 2.05) is 0 Å². The minimum Gasteiger partial charge on any atom is -0.452 e. The van der Waals surface area contributed by atoms with Crippen LogP contribution in [0.3, 0.4) is 0 Å². The third-order valence-corrected chi connectivity index (χ3v) is 5.38. The van der Waals surface area contributed by atoms with Gasteiger partial charge in [-0.2, -0.15) is 4.39 Å². The van der Waals surface area contributed by atoms with Gasteiger partial charge in [-0.3, -0.25) is 19.7 Å². The Balaban J connectivity index is 2.09. The van der Waals surface area contributed by atoms with Crippen LogP contribution < -0.4 is 10.6 Å². The summed E-state index contributed by atoms with van der Waals surface area (Å²) in [6.07, 6.45) is 0. The number of esters is 1. The van der Waals surface area contributed by atoms with Crippen LogP contribution in [0, 0.1) is 35.2 Å². The zero-order chi connectivity index (χ0) is 23.5. The molecule has 0 aliphatic heterocycles. The summed E-state index contributed by atoms with van der Waals surface area (Å²) >= 11 is 1.22.